The van der Waals surface area contributed by atoms with Crippen molar-refractivity contribution in [2.45, 2.75) is 19.3 Å². The zero-order chi connectivity index (χ0) is 12.5. The highest BCUT2D eigenvalue weighted by molar-refractivity contribution is 7.12. The van der Waals surface area contributed by atoms with Crippen LogP contribution in [0.3, 0.4) is 0 Å². The maximum atomic E-state index is 12.6. The van der Waals surface area contributed by atoms with Crippen molar-refractivity contribution < 1.29 is 4.79 Å². The normalized spacial score (nSPS) is 17.9. The zero-order valence-corrected chi connectivity index (χ0v) is 11.1. The molecule has 1 unspecified atom stereocenters. The quantitative estimate of drug-likeness (QED) is 0.828. The molecule has 3 heteroatoms. The molecule has 0 bridgehead atoms. The zero-order valence-electron chi connectivity index (χ0n) is 10.3. The summed E-state index contributed by atoms with van der Waals surface area (Å²) < 4.78 is 0. The molecule has 0 fully saturated rings. The van der Waals surface area contributed by atoms with Crippen molar-refractivity contribution in [3.8, 4) is 0 Å². The van der Waals surface area contributed by atoms with Crippen molar-refractivity contribution >= 4 is 22.8 Å². The first-order valence-corrected chi connectivity index (χ1v) is 7.06. The lowest BCUT2D eigenvalue weighted by atomic mass is 9.86. The van der Waals surface area contributed by atoms with E-state index >= 15 is 0 Å². The van der Waals surface area contributed by atoms with Crippen LogP contribution in [0.15, 0.2) is 35.7 Å². The molecule has 1 aliphatic rings. The number of aryl methyl sites for hydroxylation is 1. The molecule has 1 atom stereocenters. The summed E-state index contributed by atoms with van der Waals surface area (Å²) in [4.78, 5) is 13.5. The van der Waals surface area contributed by atoms with E-state index in [0.29, 0.717) is 0 Å². The van der Waals surface area contributed by atoms with Crippen molar-refractivity contribution in [2.24, 2.45) is 0 Å². The molecule has 0 radical (unpaired) electrons. The van der Waals surface area contributed by atoms with Gasteiger partial charge in [-0.3, -0.25) is 4.79 Å². The Bertz CT molecular complexity index is 588. The summed E-state index contributed by atoms with van der Waals surface area (Å²) in [5.41, 5.74) is 3.35. The van der Waals surface area contributed by atoms with Crippen molar-refractivity contribution in [3.63, 3.8) is 0 Å². The minimum absolute atomic E-state index is 0.0137. The Hall–Kier alpha value is -1.61. The van der Waals surface area contributed by atoms with Crippen molar-refractivity contribution in [1.29, 1.82) is 0 Å². The molecule has 0 saturated heterocycles. The number of carbonyl (C=O) groups excluding carboxylic acids is 1. The van der Waals surface area contributed by atoms with Gasteiger partial charge < -0.3 is 5.32 Å². The number of rotatable bonds is 2. The summed E-state index contributed by atoms with van der Waals surface area (Å²) in [6.45, 7) is 2.88. The Labute approximate surface area is 111 Å². The van der Waals surface area contributed by atoms with Crippen LogP contribution in [0.25, 0.3) is 0 Å². The lowest BCUT2D eigenvalue weighted by molar-refractivity contribution is 0.0959. The summed E-state index contributed by atoms with van der Waals surface area (Å²) in [6.07, 6.45) is 0.882. The first-order valence-electron chi connectivity index (χ1n) is 6.18. The SMILES string of the molecule is Cc1ccsc1C(=O)C1CCNc2ccccc21. The molecule has 1 aromatic carbocycles. The molecule has 18 heavy (non-hydrogen) atoms. The molecule has 1 aliphatic heterocycles. The molecule has 92 valence electrons. The van der Waals surface area contributed by atoms with Gasteiger partial charge in [0.2, 0.25) is 0 Å². The van der Waals surface area contributed by atoms with Gasteiger partial charge in [-0.1, -0.05) is 18.2 Å². The van der Waals surface area contributed by atoms with Crippen LogP contribution in [0, 0.1) is 6.92 Å². The van der Waals surface area contributed by atoms with Crippen LogP contribution in [0.2, 0.25) is 0 Å². The van der Waals surface area contributed by atoms with Crippen LogP contribution in [0.1, 0.15) is 33.1 Å². The minimum Gasteiger partial charge on any atom is -0.385 e. The Kier molecular flexibility index (Phi) is 2.92. The molecule has 1 aromatic heterocycles. The van der Waals surface area contributed by atoms with E-state index in [1.54, 1.807) is 11.3 Å². The fourth-order valence-corrected chi connectivity index (χ4v) is 3.44. The molecule has 2 aromatic rings. The van der Waals surface area contributed by atoms with Gasteiger partial charge in [0.25, 0.3) is 0 Å². The molecule has 2 heterocycles. The molecule has 0 saturated carbocycles. The maximum absolute atomic E-state index is 12.6. The van der Waals surface area contributed by atoms with E-state index in [9.17, 15) is 4.79 Å². The molecule has 0 spiro atoms. The second kappa shape index (κ2) is 4.58. The second-order valence-electron chi connectivity index (χ2n) is 4.65. The Morgan fingerprint density at radius 1 is 1.33 bits per heavy atom. The van der Waals surface area contributed by atoms with E-state index in [4.69, 9.17) is 0 Å². The molecule has 0 amide bonds. The largest absolute Gasteiger partial charge is 0.385 e. The van der Waals surface area contributed by atoms with E-state index in [1.165, 1.54) is 0 Å². The lowest BCUT2D eigenvalue weighted by Crippen LogP contribution is -2.22. The third-order valence-corrected chi connectivity index (χ3v) is 4.52. The van der Waals surface area contributed by atoms with Gasteiger partial charge in [-0.2, -0.15) is 0 Å². The second-order valence-corrected chi connectivity index (χ2v) is 5.57. The van der Waals surface area contributed by atoms with E-state index in [-0.39, 0.29) is 11.7 Å². The van der Waals surface area contributed by atoms with Crippen LogP contribution in [-0.4, -0.2) is 12.3 Å². The van der Waals surface area contributed by atoms with Gasteiger partial charge in [0, 0.05) is 12.2 Å². The Balaban J connectivity index is 2.00. The molecule has 1 N–H and O–H groups in total. The van der Waals surface area contributed by atoms with Crippen molar-refractivity contribution in [1.82, 2.24) is 0 Å². The van der Waals surface area contributed by atoms with Crippen LogP contribution >= 0.6 is 11.3 Å². The Morgan fingerprint density at radius 3 is 2.94 bits per heavy atom. The summed E-state index contributed by atoms with van der Waals surface area (Å²) in [5, 5.41) is 5.35. The van der Waals surface area contributed by atoms with Crippen LogP contribution < -0.4 is 5.32 Å². The number of benzene rings is 1. The third-order valence-electron chi connectivity index (χ3n) is 3.49. The third kappa shape index (κ3) is 1.85. The number of ketones is 1. The van der Waals surface area contributed by atoms with Gasteiger partial charge in [0.05, 0.1) is 10.8 Å². The van der Waals surface area contributed by atoms with E-state index in [0.717, 1.165) is 34.7 Å². The maximum Gasteiger partial charge on any atom is 0.180 e. The van der Waals surface area contributed by atoms with Crippen molar-refractivity contribution in [3.05, 3.63) is 51.7 Å². The van der Waals surface area contributed by atoms with E-state index < -0.39 is 0 Å². The average Bonchev–Trinajstić information content (AvgIpc) is 2.83. The number of para-hydroxylation sites is 1. The first-order chi connectivity index (χ1) is 8.77. The molecular weight excluding hydrogens is 242 g/mol. The number of hydrogen-bond donors (Lipinski definition) is 1. The average molecular weight is 257 g/mol. The minimum atomic E-state index is 0.0137. The smallest absolute Gasteiger partial charge is 0.180 e. The standard InChI is InChI=1S/C15H15NOS/c1-10-7-9-18-15(10)14(17)12-6-8-16-13-5-3-2-4-11(12)13/h2-5,7,9,12,16H,6,8H2,1H3. The summed E-state index contributed by atoms with van der Waals surface area (Å²) in [6, 6.07) is 10.1. The highest BCUT2D eigenvalue weighted by Crippen LogP contribution is 2.35. The number of thiophene rings is 1. The summed E-state index contributed by atoms with van der Waals surface area (Å²) >= 11 is 1.56. The first kappa shape index (κ1) is 11.5. The Morgan fingerprint density at radius 2 is 2.17 bits per heavy atom. The van der Waals surface area contributed by atoms with Crippen LogP contribution in [0.5, 0.6) is 0 Å². The molecule has 3 rings (SSSR count). The van der Waals surface area contributed by atoms with Crippen molar-refractivity contribution in [2.75, 3.05) is 11.9 Å². The van der Waals surface area contributed by atoms with Gasteiger partial charge in [0.15, 0.2) is 5.78 Å². The summed E-state index contributed by atoms with van der Waals surface area (Å²) in [7, 11) is 0. The summed E-state index contributed by atoms with van der Waals surface area (Å²) in [5.74, 6) is 0.288. The molecule has 2 nitrogen and oxygen atoms in total. The van der Waals surface area contributed by atoms with Gasteiger partial charge in [-0.05, 0) is 42.0 Å². The monoisotopic (exact) mass is 257 g/mol. The lowest BCUT2D eigenvalue weighted by Gasteiger charge is -2.25. The van der Waals surface area contributed by atoms with Gasteiger partial charge in [0.1, 0.15) is 0 Å². The molecular formula is C15H15NOS. The number of anilines is 1. The fourth-order valence-electron chi connectivity index (χ4n) is 2.52. The number of nitrogens with one attached hydrogen (secondary N) is 1. The number of carbonyl (C=O) groups is 1. The number of Topliss-reactive ketones (excluding diaryl/α,β-unsaturated/α-hetero) is 1. The topological polar surface area (TPSA) is 29.1 Å². The number of hydrogen-bond acceptors (Lipinski definition) is 3. The predicted molar refractivity (Wildman–Crippen MR) is 75.7 cm³/mol. The van der Waals surface area contributed by atoms with Gasteiger partial charge >= 0.3 is 0 Å². The van der Waals surface area contributed by atoms with Crippen LogP contribution in [-0.2, 0) is 0 Å². The predicted octanol–water partition coefficient (Wildman–Crippen LogP) is 3.84. The van der Waals surface area contributed by atoms with Gasteiger partial charge in [-0.25, -0.2) is 0 Å². The highest BCUT2D eigenvalue weighted by atomic mass is 32.1. The molecule has 0 aliphatic carbocycles. The van der Waals surface area contributed by atoms with E-state index in [1.807, 2.05) is 30.5 Å². The highest BCUT2D eigenvalue weighted by Gasteiger charge is 2.28. The fraction of sp³-hybridized carbons (Fsp3) is 0.267. The van der Waals surface area contributed by atoms with E-state index in [2.05, 4.69) is 17.4 Å². The van der Waals surface area contributed by atoms with Crippen LogP contribution in [0.4, 0.5) is 5.69 Å². The van der Waals surface area contributed by atoms with Gasteiger partial charge in [-0.15, -0.1) is 11.3 Å². The number of fused-ring (bicyclic) bond motifs is 1.